The van der Waals surface area contributed by atoms with E-state index in [4.69, 9.17) is 0 Å². The zero-order valence-corrected chi connectivity index (χ0v) is 16.4. The first-order valence-electron chi connectivity index (χ1n) is 10.6. The van der Waals surface area contributed by atoms with E-state index in [-0.39, 0.29) is 0 Å². The average Bonchev–Trinajstić information content (AvgIpc) is 3.55. The van der Waals surface area contributed by atoms with E-state index in [1.807, 2.05) is 0 Å². The molecule has 7 rings (SSSR count). The fourth-order valence-corrected chi connectivity index (χ4v) is 5.64. The molecule has 0 radical (unpaired) electrons. The minimum Gasteiger partial charge on any atom is -0.361 e. The van der Waals surface area contributed by atoms with Crippen LogP contribution in [0.4, 0.5) is 0 Å². The standard InChI is InChI=1S/C27H21N3/c1-4-10-23-16(7-1)21(14-28-23)19-13-20(22-15-29-24-11-5-2-8-17(22)24)27-26(19)18-9-3-6-12-25(18)30-27/h1-12,14-15,19-20,28-30H,13H2/t19-,20+/m1/s1. The number of hydrogen-bond acceptors (Lipinski definition) is 0. The predicted octanol–water partition coefficient (Wildman–Crippen LogP) is 6.80. The van der Waals surface area contributed by atoms with Crippen LogP contribution in [0.2, 0.25) is 0 Å². The van der Waals surface area contributed by atoms with Crippen LogP contribution in [0.1, 0.15) is 40.6 Å². The normalized spacial score (nSPS) is 18.5. The number of para-hydroxylation sites is 3. The van der Waals surface area contributed by atoms with Crippen LogP contribution in [0.15, 0.2) is 85.2 Å². The van der Waals surface area contributed by atoms with Gasteiger partial charge in [-0.3, -0.25) is 0 Å². The molecule has 3 heteroatoms. The van der Waals surface area contributed by atoms with Gasteiger partial charge in [-0.05, 0) is 41.3 Å². The fourth-order valence-electron chi connectivity index (χ4n) is 5.64. The van der Waals surface area contributed by atoms with Crippen LogP contribution < -0.4 is 0 Å². The summed E-state index contributed by atoms with van der Waals surface area (Å²) >= 11 is 0. The molecule has 30 heavy (non-hydrogen) atoms. The van der Waals surface area contributed by atoms with Gasteiger partial charge in [0.25, 0.3) is 0 Å². The highest BCUT2D eigenvalue weighted by molar-refractivity contribution is 5.91. The average molecular weight is 387 g/mol. The summed E-state index contributed by atoms with van der Waals surface area (Å²) in [6.45, 7) is 0. The van der Waals surface area contributed by atoms with Gasteiger partial charge in [-0.25, -0.2) is 0 Å². The quantitative estimate of drug-likeness (QED) is 0.293. The lowest BCUT2D eigenvalue weighted by Gasteiger charge is -2.13. The summed E-state index contributed by atoms with van der Waals surface area (Å²) in [7, 11) is 0. The number of nitrogens with one attached hydrogen (secondary N) is 3. The molecule has 3 aromatic carbocycles. The van der Waals surface area contributed by atoms with Crippen molar-refractivity contribution in [1.29, 1.82) is 0 Å². The van der Waals surface area contributed by atoms with Gasteiger partial charge in [-0.2, -0.15) is 0 Å². The largest absolute Gasteiger partial charge is 0.361 e. The second-order valence-corrected chi connectivity index (χ2v) is 8.42. The molecule has 0 saturated carbocycles. The second-order valence-electron chi connectivity index (χ2n) is 8.42. The van der Waals surface area contributed by atoms with E-state index in [9.17, 15) is 0 Å². The van der Waals surface area contributed by atoms with E-state index >= 15 is 0 Å². The molecule has 0 bridgehead atoms. The van der Waals surface area contributed by atoms with E-state index in [2.05, 4.69) is 100 Å². The van der Waals surface area contributed by atoms with E-state index in [1.165, 1.54) is 55.1 Å². The Bertz CT molecular complexity index is 1540. The van der Waals surface area contributed by atoms with Crippen LogP contribution in [0.5, 0.6) is 0 Å². The molecule has 144 valence electrons. The van der Waals surface area contributed by atoms with Crippen molar-refractivity contribution in [3.05, 3.63) is 108 Å². The maximum atomic E-state index is 3.80. The third-order valence-corrected chi connectivity index (χ3v) is 6.94. The van der Waals surface area contributed by atoms with Gasteiger partial charge in [0, 0.05) is 62.6 Å². The Labute approximate surface area is 173 Å². The number of aromatic nitrogens is 3. The zero-order valence-electron chi connectivity index (χ0n) is 16.4. The highest BCUT2D eigenvalue weighted by Crippen LogP contribution is 2.52. The third kappa shape index (κ3) is 2.09. The molecule has 3 N–H and O–H groups in total. The summed E-state index contributed by atoms with van der Waals surface area (Å²) in [6, 6.07) is 26.0. The Morgan fingerprint density at radius 1 is 0.567 bits per heavy atom. The lowest BCUT2D eigenvalue weighted by Crippen LogP contribution is -1.99. The topological polar surface area (TPSA) is 47.4 Å². The Hall–Kier alpha value is -3.72. The van der Waals surface area contributed by atoms with Gasteiger partial charge < -0.3 is 15.0 Å². The predicted molar refractivity (Wildman–Crippen MR) is 123 cm³/mol. The third-order valence-electron chi connectivity index (χ3n) is 6.94. The van der Waals surface area contributed by atoms with E-state index in [1.54, 1.807) is 0 Å². The van der Waals surface area contributed by atoms with Gasteiger partial charge in [0.1, 0.15) is 0 Å². The molecular formula is C27H21N3. The van der Waals surface area contributed by atoms with E-state index < -0.39 is 0 Å². The van der Waals surface area contributed by atoms with Gasteiger partial charge >= 0.3 is 0 Å². The van der Waals surface area contributed by atoms with Gasteiger partial charge in [-0.15, -0.1) is 0 Å². The van der Waals surface area contributed by atoms with Crippen LogP contribution in [0, 0.1) is 0 Å². The van der Waals surface area contributed by atoms with Crippen molar-refractivity contribution in [3.8, 4) is 0 Å². The van der Waals surface area contributed by atoms with Gasteiger partial charge in [0.2, 0.25) is 0 Å². The smallest absolute Gasteiger partial charge is 0.0459 e. The highest BCUT2D eigenvalue weighted by Gasteiger charge is 2.38. The van der Waals surface area contributed by atoms with E-state index in [0.717, 1.165) is 6.42 Å². The van der Waals surface area contributed by atoms with Crippen molar-refractivity contribution in [1.82, 2.24) is 15.0 Å². The van der Waals surface area contributed by atoms with Crippen molar-refractivity contribution in [2.45, 2.75) is 18.3 Å². The van der Waals surface area contributed by atoms with Crippen LogP contribution in [-0.4, -0.2) is 15.0 Å². The summed E-state index contributed by atoms with van der Waals surface area (Å²) in [4.78, 5) is 10.8. The summed E-state index contributed by atoms with van der Waals surface area (Å²) in [5.74, 6) is 0.716. The number of H-pyrrole nitrogens is 3. The second kappa shape index (κ2) is 5.90. The van der Waals surface area contributed by atoms with Crippen molar-refractivity contribution in [3.63, 3.8) is 0 Å². The molecule has 0 unspecified atom stereocenters. The molecule has 0 aliphatic heterocycles. The SMILES string of the molecule is c1ccc2c([C@@H]3C[C@H](c4c[nH]c5ccccc45)c4c3[nH]c3ccccc43)c[nH]c2c1. The fraction of sp³-hybridized carbons (Fsp3) is 0.111. The Kier molecular flexibility index (Phi) is 3.17. The van der Waals surface area contributed by atoms with Crippen molar-refractivity contribution >= 4 is 32.7 Å². The Morgan fingerprint density at radius 3 is 1.77 bits per heavy atom. The van der Waals surface area contributed by atoms with Crippen LogP contribution in [-0.2, 0) is 0 Å². The van der Waals surface area contributed by atoms with Gasteiger partial charge in [-0.1, -0.05) is 54.6 Å². The molecular weight excluding hydrogens is 366 g/mol. The minimum atomic E-state index is 0.349. The molecule has 1 aliphatic rings. The van der Waals surface area contributed by atoms with Crippen LogP contribution in [0.25, 0.3) is 32.7 Å². The molecule has 0 saturated heterocycles. The van der Waals surface area contributed by atoms with Gasteiger partial charge in [0.15, 0.2) is 0 Å². The number of fused-ring (bicyclic) bond motifs is 5. The van der Waals surface area contributed by atoms with Crippen molar-refractivity contribution in [2.24, 2.45) is 0 Å². The lowest BCUT2D eigenvalue weighted by molar-refractivity contribution is 0.715. The monoisotopic (exact) mass is 387 g/mol. The van der Waals surface area contributed by atoms with Crippen molar-refractivity contribution in [2.75, 3.05) is 0 Å². The number of aromatic amines is 3. The zero-order chi connectivity index (χ0) is 19.7. The summed E-state index contributed by atoms with van der Waals surface area (Å²) in [6.07, 6.45) is 5.51. The maximum Gasteiger partial charge on any atom is 0.0459 e. The molecule has 3 aromatic heterocycles. The molecule has 0 amide bonds. The van der Waals surface area contributed by atoms with Gasteiger partial charge in [0.05, 0.1) is 0 Å². The lowest BCUT2D eigenvalue weighted by atomic mass is 9.89. The first-order chi connectivity index (χ1) is 14.9. The maximum absolute atomic E-state index is 3.80. The molecule has 0 fully saturated rings. The number of hydrogen-bond donors (Lipinski definition) is 3. The van der Waals surface area contributed by atoms with Crippen molar-refractivity contribution < 1.29 is 0 Å². The molecule has 6 aromatic rings. The molecule has 3 heterocycles. The summed E-state index contributed by atoms with van der Waals surface area (Å²) < 4.78 is 0. The van der Waals surface area contributed by atoms with Crippen LogP contribution in [0.3, 0.4) is 0 Å². The van der Waals surface area contributed by atoms with Crippen LogP contribution >= 0.6 is 0 Å². The number of benzene rings is 3. The molecule has 1 aliphatic carbocycles. The Balaban J connectivity index is 1.49. The highest BCUT2D eigenvalue weighted by atomic mass is 14.8. The molecule has 3 nitrogen and oxygen atoms in total. The first-order valence-corrected chi connectivity index (χ1v) is 10.6. The summed E-state index contributed by atoms with van der Waals surface area (Å²) in [5.41, 5.74) is 9.28. The molecule has 2 atom stereocenters. The Morgan fingerprint density at radius 2 is 1.10 bits per heavy atom. The summed E-state index contributed by atoms with van der Waals surface area (Å²) in [5, 5.41) is 4.01. The minimum absolute atomic E-state index is 0.349. The molecule has 0 spiro atoms. The van der Waals surface area contributed by atoms with E-state index in [0.29, 0.717) is 11.8 Å². The first kappa shape index (κ1) is 16.1. The number of rotatable bonds is 2.